The van der Waals surface area contributed by atoms with E-state index in [1.807, 2.05) is 27.0 Å². The predicted molar refractivity (Wildman–Crippen MR) is 97.8 cm³/mol. The number of nitrogens with zero attached hydrogens (tertiary/aromatic N) is 4. The van der Waals surface area contributed by atoms with Crippen molar-refractivity contribution < 1.29 is 9.53 Å². The van der Waals surface area contributed by atoms with Crippen molar-refractivity contribution in [1.82, 2.24) is 14.7 Å². The maximum atomic E-state index is 12.3. The molecule has 0 spiro atoms. The summed E-state index contributed by atoms with van der Waals surface area (Å²) >= 11 is 0. The molecule has 6 heteroatoms. The number of aromatic nitrogens is 2. The molecule has 1 fully saturated rings. The number of rotatable bonds is 5. The molecule has 1 aliphatic rings. The zero-order valence-corrected chi connectivity index (χ0v) is 15.2. The first-order valence-corrected chi connectivity index (χ1v) is 8.82. The maximum absolute atomic E-state index is 12.3. The van der Waals surface area contributed by atoms with Crippen LogP contribution in [0.25, 0.3) is 0 Å². The molecule has 1 aromatic carbocycles. The molecule has 1 aliphatic heterocycles. The summed E-state index contributed by atoms with van der Waals surface area (Å²) in [6, 6.07) is 10.5. The highest BCUT2D eigenvalue weighted by molar-refractivity contribution is 5.96. The maximum Gasteiger partial charge on any atom is 0.343 e. The SMILES string of the molecule is CCOC(=O)c1c(N2CCN(Cc3ccccc3)CC2)nn(C)c1C. The Morgan fingerprint density at radius 2 is 1.84 bits per heavy atom. The lowest BCUT2D eigenvalue weighted by atomic mass is 10.2. The molecule has 0 unspecified atom stereocenters. The van der Waals surface area contributed by atoms with Crippen molar-refractivity contribution in [2.75, 3.05) is 37.7 Å². The second-order valence-electron chi connectivity index (χ2n) is 6.38. The third-order valence-corrected chi connectivity index (χ3v) is 4.72. The van der Waals surface area contributed by atoms with Crippen LogP contribution in [-0.4, -0.2) is 53.4 Å². The van der Waals surface area contributed by atoms with E-state index in [4.69, 9.17) is 4.74 Å². The van der Waals surface area contributed by atoms with E-state index in [1.54, 1.807) is 4.68 Å². The summed E-state index contributed by atoms with van der Waals surface area (Å²) in [7, 11) is 1.87. The topological polar surface area (TPSA) is 50.6 Å². The monoisotopic (exact) mass is 342 g/mol. The second kappa shape index (κ2) is 7.70. The first-order chi connectivity index (χ1) is 12.1. The predicted octanol–water partition coefficient (Wildman–Crippen LogP) is 2.23. The Morgan fingerprint density at radius 1 is 1.16 bits per heavy atom. The molecule has 134 valence electrons. The van der Waals surface area contributed by atoms with E-state index in [1.165, 1.54) is 5.56 Å². The minimum atomic E-state index is -0.283. The lowest BCUT2D eigenvalue weighted by Gasteiger charge is -2.35. The summed E-state index contributed by atoms with van der Waals surface area (Å²) in [6.07, 6.45) is 0. The Hall–Kier alpha value is -2.34. The average Bonchev–Trinajstić information content (AvgIpc) is 2.92. The van der Waals surface area contributed by atoms with Crippen LogP contribution in [0.1, 0.15) is 28.5 Å². The van der Waals surface area contributed by atoms with Gasteiger partial charge in [0.15, 0.2) is 5.82 Å². The molecule has 3 rings (SSSR count). The molecular weight excluding hydrogens is 316 g/mol. The van der Waals surface area contributed by atoms with Crippen molar-refractivity contribution in [2.45, 2.75) is 20.4 Å². The van der Waals surface area contributed by atoms with Crippen LogP contribution in [0.5, 0.6) is 0 Å². The van der Waals surface area contributed by atoms with Crippen molar-refractivity contribution >= 4 is 11.8 Å². The number of esters is 1. The Labute approximate surface area is 149 Å². The first kappa shape index (κ1) is 17.5. The van der Waals surface area contributed by atoms with Crippen LogP contribution >= 0.6 is 0 Å². The molecule has 0 amide bonds. The molecule has 0 atom stereocenters. The van der Waals surface area contributed by atoms with Crippen LogP contribution in [0.3, 0.4) is 0 Å². The van der Waals surface area contributed by atoms with Gasteiger partial charge in [0.2, 0.25) is 0 Å². The highest BCUT2D eigenvalue weighted by Crippen LogP contribution is 2.24. The van der Waals surface area contributed by atoms with Gasteiger partial charge in [0.05, 0.1) is 12.3 Å². The van der Waals surface area contributed by atoms with Crippen molar-refractivity contribution in [2.24, 2.45) is 7.05 Å². The van der Waals surface area contributed by atoms with E-state index in [0.29, 0.717) is 12.2 Å². The smallest absolute Gasteiger partial charge is 0.343 e. The van der Waals surface area contributed by atoms with Crippen molar-refractivity contribution in [3.05, 3.63) is 47.2 Å². The fourth-order valence-corrected chi connectivity index (χ4v) is 3.21. The third kappa shape index (κ3) is 3.85. The summed E-state index contributed by atoms with van der Waals surface area (Å²) in [5, 5.41) is 4.57. The summed E-state index contributed by atoms with van der Waals surface area (Å²) < 4.78 is 6.99. The van der Waals surface area contributed by atoms with E-state index in [2.05, 4.69) is 39.2 Å². The van der Waals surface area contributed by atoms with Gasteiger partial charge < -0.3 is 9.64 Å². The number of aryl methyl sites for hydroxylation is 1. The summed E-state index contributed by atoms with van der Waals surface area (Å²) in [4.78, 5) is 17.0. The van der Waals surface area contributed by atoms with Crippen molar-refractivity contribution in [3.8, 4) is 0 Å². The van der Waals surface area contributed by atoms with Gasteiger partial charge in [-0.15, -0.1) is 0 Å². The first-order valence-electron chi connectivity index (χ1n) is 8.82. The minimum absolute atomic E-state index is 0.283. The number of anilines is 1. The molecule has 1 aromatic heterocycles. The molecule has 1 saturated heterocycles. The van der Waals surface area contributed by atoms with Crippen LogP contribution in [0, 0.1) is 6.92 Å². The van der Waals surface area contributed by atoms with Gasteiger partial charge in [0.25, 0.3) is 0 Å². The van der Waals surface area contributed by atoms with Gasteiger partial charge in [-0.2, -0.15) is 5.10 Å². The summed E-state index contributed by atoms with van der Waals surface area (Å²) in [5.41, 5.74) is 2.78. The molecule has 2 heterocycles. The molecule has 0 N–H and O–H groups in total. The summed E-state index contributed by atoms with van der Waals surface area (Å²) in [5.74, 6) is 0.465. The van der Waals surface area contributed by atoms with Crippen LogP contribution < -0.4 is 4.90 Å². The van der Waals surface area contributed by atoms with E-state index < -0.39 is 0 Å². The third-order valence-electron chi connectivity index (χ3n) is 4.72. The Bertz CT molecular complexity index is 719. The fraction of sp³-hybridized carbons (Fsp3) is 0.474. The van der Waals surface area contributed by atoms with Gasteiger partial charge in [0.1, 0.15) is 5.56 Å². The molecule has 0 bridgehead atoms. The van der Waals surface area contributed by atoms with Gasteiger partial charge in [-0.1, -0.05) is 30.3 Å². The van der Waals surface area contributed by atoms with Gasteiger partial charge in [0, 0.05) is 39.8 Å². The fourth-order valence-electron chi connectivity index (χ4n) is 3.21. The number of carbonyl (C=O) groups is 1. The normalized spacial score (nSPS) is 15.4. The molecule has 0 radical (unpaired) electrons. The van der Waals surface area contributed by atoms with Crippen LogP contribution in [-0.2, 0) is 18.3 Å². The van der Waals surface area contributed by atoms with Gasteiger partial charge >= 0.3 is 5.97 Å². The van der Waals surface area contributed by atoms with Crippen LogP contribution in [0.2, 0.25) is 0 Å². The molecule has 0 saturated carbocycles. The van der Waals surface area contributed by atoms with Gasteiger partial charge in [-0.05, 0) is 19.4 Å². The highest BCUT2D eigenvalue weighted by atomic mass is 16.5. The van der Waals surface area contributed by atoms with Crippen LogP contribution in [0.4, 0.5) is 5.82 Å². The number of carbonyl (C=O) groups excluding carboxylic acids is 1. The van der Waals surface area contributed by atoms with E-state index in [9.17, 15) is 4.79 Å². The zero-order valence-electron chi connectivity index (χ0n) is 15.2. The van der Waals surface area contributed by atoms with E-state index >= 15 is 0 Å². The average molecular weight is 342 g/mol. The second-order valence-corrected chi connectivity index (χ2v) is 6.38. The molecular formula is C19H26N4O2. The van der Waals surface area contributed by atoms with E-state index in [-0.39, 0.29) is 5.97 Å². The summed E-state index contributed by atoms with van der Waals surface area (Å²) in [6.45, 7) is 8.68. The largest absolute Gasteiger partial charge is 0.462 e. The standard InChI is InChI=1S/C19H26N4O2/c1-4-25-19(24)17-15(2)21(3)20-18(17)23-12-10-22(11-13-23)14-16-8-6-5-7-9-16/h5-9H,4,10-14H2,1-3H3. The number of hydrogen-bond donors (Lipinski definition) is 0. The molecule has 0 aliphatic carbocycles. The highest BCUT2D eigenvalue weighted by Gasteiger charge is 2.27. The Balaban J connectivity index is 1.69. The minimum Gasteiger partial charge on any atom is -0.462 e. The quantitative estimate of drug-likeness (QED) is 0.780. The Morgan fingerprint density at radius 3 is 2.48 bits per heavy atom. The van der Waals surface area contributed by atoms with E-state index in [0.717, 1.165) is 44.2 Å². The van der Waals surface area contributed by atoms with Crippen molar-refractivity contribution in [1.29, 1.82) is 0 Å². The molecule has 25 heavy (non-hydrogen) atoms. The number of piperazine rings is 1. The molecule has 2 aromatic rings. The number of hydrogen-bond acceptors (Lipinski definition) is 5. The Kier molecular flexibility index (Phi) is 5.38. The molecule has 6 nitrogen and oxygen atoms in total. The van der Waals surface area contributed by atoms with Crippen molar-refractivity contribution in [3.63, 3.8) is 0 Å². The number of ether oxygens (including phenoxy) is 1. The van der Waals surface area contributed by atoms with Gasteiger partial charge in [-0.3, -0.25) is 9.58 Å². The van der Waals surface area contributed by atoms with Gasteiger partial charge in [-0.25, -0.2) is 4.79 Å². The lowest BCUT2D eigenvalue weighted by molar-refractivity contribution is 0.0526. The lowest BCUT2D eigenvalue weighted by Crippen LogP contribution is -2.46. The van der Waals surface area contributed by atoms with Crippen LogP contribution in [0.15, 0.2) is 30.3 Å². The number of benzene rings is 1. The zero-order chi connectivity index (χ0) is 17.8.